The molecule has 0 bridgehead atoms. The maximum absolute atomic E-state index is 13.2. The summed E-state index contributed by atoms with van der Waals surface area (Å²) in [6.45, 7) is 7.77. The minimum atomic E-state index is -0.396. The smallest absolute Gasteiger partial charge is 0.344 e. The van der Waals surface area contributed by atoms with Crippen LogP contribution in [0.25, 0.3) is 22.1 Å². The van der Waals surface area contributed by atoms with Crippen molar-refractivity contribution in [2.45, 2.75) is 33.1 Å². The fourth-order valence-corrected chi connectivity index (χ4v) is 4.85. The summed E-state index contributed by atoms with van der Waals surface area (Å²) in [5, 5.41) is 11.0. The predicted octanol–water partition coefficient (Wildman–Crippen LogP) is 5.85. The van der Waals surface area contributed by atoms with Gasteiger partial charge in [0.25, 0.3) is 0 Å². The molecule has 5 heteroatoms. The minimum absolute atomic E-state index is 0.116. The van der Waals surface area contributed by atoms with Gasteiger partial charge in [-0.3, -0.25) is 4.90 Å². The predicted molar refractivity (Wildman–Crippen MR) is 139 cm³/mol. The summed E-state index contributed by atoms with van der Waals surface area (Å²) < 4.78 is 11.7. The van der Waals surface area contributed by atoms with Crippen molar-refractivity contribution >= 4 is 11.0 Å². The molecule has 5 nitrogen and oxygen atoms in total. The van der Waals surface area contributed by atoms with E-state index in [4.69, 9.17) is 9.15 Å². The molecule has 2 heterocycles. The molecule has 0 spiro atoms. The van der Waals surface area contributed by atoms with Gasteiger partial charge in [0.1, 0.15) is 23.7 Å². The third kappa shape index (κ3) is 4.96. The van der Waals surface area contributed by atoms with E-state index in [1.165, 1.54) is 25.9 Å². The Labute approximate surface area is 205 Å². The monoisotopic (exact) mass is 469 g/mol. The third-order valence-electron chi connectivity index (χ3n) is 6.92. The number of likely N-dealkylation sites (tertiary alicyclic amines) is 1. The molecule has 0 saturated carbocycles. The van der Waals surface area contributed by atoms with Crippen LogP contribution in [0.3, 0.4) is 0 Å². The molecule has 35 heavy (non-hydrogen) atoms. The largest absolute Gasteiger partial charge is 0.508 e. The van der Waals surface area contributed by atoms with Crippen molar-refractivity contribution in [1.82, 2.24) is 4.90 Å². The van der Waals surface area contributed by atoms with Gasteiger partial charge in [-0.25, -0.2) is 4.79 Å². The first-order valence-corrected chi connectivity index (χ1v) is 12.3. The Bertz CT molecular complexity index is 1380. The molecule has 1 N–H and O–H groups in total. The number of aryl methyl sites for hydroxylation is 2. The number of hydrogen-bond acceptors (Lipinski definition) is 5. The normalized spacial score (nSPS) is 14.0. The van der Waals surface area contributed by atoms with Gasteiger partial charge in [-0.1, -0.05) is 42.0 Å². The van der Waals surface area contributed by atoms with Crippen LogP contribution in [0.1, 0.15) is 35.1 Å². The van der Waals surface area contributed by atoms with Gasteiger partial charge in [0, 0.05) is 17.5 Å². The summed E-state index contributed by atoms with van der Waals surface area (Å²) in [4.78, 5) is 15.6. The topological polar surface area (TPSA) is 62.9 Å². The van der Waals surface area contributed by atoms with Gasteiger partial charge in [0.2, 0.25) is 0 Å². The zero-order chi connectivity index (χ0) is 24.4. The molecule has 1 aliphatic rings. The quantitative estimate of drug-likeness (QED) is 0.344. The van der Waals surface area contributed by atoms with E-state index < -0.39 is 5.63 Å². The number of nitrogens with zero attached hydrogens (tertiary/aromatic N) is 1. The fraction of sp³-hybridized carbons (Fsp3) is 0.300. The lowest BCUT2D eigenvalue weighted by Crippen LogP contribution is -2.25. The molecule has 4 aromatic rings. The molecule has 1 aliphatic heterocycles. The second-order valence-corrected chi connectivity index (χ2v) is 9.41. The van der Waals surface area contributed by atoms with E-state index >= 15 is 0 Å². The Balaban J connectivity index is 1.47. The van der Waals surface area contributed by atoms with Crippen LogP contribution in [-0.4, -0.2) is 36.2 Å². The zero-order valence-electron chi connectivity index (χ0n) is 20.3. The maximum Gasteiger partial charge on any atom is 0.344 e. The number of phenolic OH excluding ortho intramolecular Hbond substituents is 1. The highest BCUT2D eigenvalue weighted by Gasteiger charge is 2.19. The molecule has 0 amide bonds. The number of benzene rings is 3. The molecule has 0 radical (unpaired) electrons. The maximum atomic E-state index is 13.2. The Morgan fingerprint density at radius 2 is 1.66 bits per heavy atom. The van der Waals surface area contributed by atoms with Crippen LogP contribution >= 0.6 is 0 Å². The first-order chi connectivity index (χ1) is 17.0. The Kier molecular flexibility index (Phi) is 6.60. The van der Waals surface area contributed by atoms with Gasteiger partial charge in [0.05, 0.1) is 5.56 Å². The van der Waals surface area contributed by atoms with Crippen molar-refractivity contribution in [2.24, 2.45) is 0 Å². The van der Waals surface area contributed by atoms with E-state index in [2.05, 4.69) is 17.0 Å². The summed E-state index contributed by atoms with van der Waals surface area (Å²) in [6, 6.07) is 19.5. The summed E-state index contributed by atoms with van der Waals surface area (Å²) in [5.41, 5.74) is 5.09. The van der Waals surface area contributed by atoms with Crippen molar-refractivity contribution in [1.29, 1.82) is 0 Å². The van der Waals surface area contributed by atoms with E-state index in [9.17, 15) is 9.90 Å². The molecule has 1 saturated heterocycles. The van der Waals surface area contributed by atoms with Gasteiger partial charge in [-0.05, 0) is 87.2 Å². The molecule has 1 fully saturated rings. The van der Waals surface area contributed by atoms with Crippen LogP contribution in [0.2, 0.25) is 0 Å². The van der Waals surface area contributed by atoms with Crippen molar-refractivity contribution < 1.29 is 14.3 Å². The molecule has 5 rings (SSSR count). The summed E-state index contributed by atoms with van der Waals surface area (Å²) in [5.74, 6) is 0.968. The van der Waals surface area contributed by atoms with Crippen LogP contribution in [-0.2, 0) is 6.42 Å². The summed E-state index contributed by atoms with van der Waals surface area (Å²) in [6.07, 6.45) is 3.12. The number of aromatic hydroxyl groups is 1. The lowest BCUT2D eigenvalue weighted by molar-refractivity contribution is 0.238. The van der Waals surface area contributed by atoms with Crippen LogP contribution < -0.4 is 10.4 Å². The van der Waals surface area contributed by atoms with E-state index in [1.54, 1.807) is 13.0 Å². The van der Waals surface area contributed by atoms with Crippen molar-refractivity contribution in [3.05, 3.63) is 93.3 Å². The van der Waals surface area contributed by atoms with E-state index in [1.807, 2.05) is 49.4 Å². The lowest BCUT2D eigenvalue weighted by Gasteiger charge is -2.16. The highest BCUT2D eigenvalue weighted by molar-refractivity contribution is 5.90. The minimum Gasteiger partial charge on any atom is -0.508 e. The molecule has 0 unspecified atom stereocenters. The van der Waals surface area contributed by atoms with Crippen molar-refractivity contribution in [2.75, 3.05) is 26.2 Å². The number of rotatable bonds is 7. The Hall–Kier alpha value is -3.57. The average Bonchev–Trinajstić information content (AvgIpc) is 3.37. The van der Waals surface area contributed by atoms with Crippen molar-refractivity contribution in [3.8, 4) is 22.6 Å². The molecule has 0 atom stereocenters. The van der Waals surface area contributed by atoms with Gasteiger partial charge in [-0.15, -0.1) is 0 Å². The molecule has 3 aromatic carbocycles. The number of phenols is 1. The van der Waals surface area contributed by atoms with E-state index in [-0.39, 0.29) is 5.75 Å². The number of hydrogen-bond donors (Lipinski definition) is 1. The van der Waals surface area contributed by atoms with Gasteiger partial charge >= 0.3 is 5.63 Å². The van der Waals surface area contributed by atoms with Crippen molar-refractivity contribution in [3.63, 3.8) is 0 Å². The third-order valence-corrected chi connectivity index (χ3v) is 6.92. The number of fused-ring (bicyclic) bond motifs is 1. The van der Waals surface area contributed by atoms with Gasteiger partial charge in [-0.2, -0.15) is 0 Å². The standard InChI is InChI=1S/C30H31NO4/c1-20-5-9-23(10-6-20)28-26(25-13-14-27(32)21(2)29(25)35-30(28)33)19-22-7-11-24(12-8-22)34-18-17-31-15-3-4-16-31/h5-14,32H,3-4,15-19H2,1-2H3. The van der Waals surface area contributed by atoms with Crippen LogP contribution in [0.15, 0.2) is 69.9 Å². The second-order valence-electron chi connectivity index (χ2n) is 9.41. The molecular formula is C30H31NO4. The van der Waals surface area contributed by atoms with E-state index in [0.717, 1.165) is 39.9 Å². The molecule has 1 aromatic heterocycles. The first kappa shape index (κ1) is 23.2. The molecular weight excluding hydrogens is 438 g/mol. The Morgan fingerprint density at radius 1 is 0.943 bits per heavy atom. The zero-order valence-corrected chi connectivity index (χ0v) is 20.3. The highest BCUT2D eigenvalue weighted by Crippen LogP contribution is 2.34. The summed E-state index contributed by atoms with van der Waals surface area (Å²) >= 11 is 0. The summed E-state index contributed by atoms with van der Waals surface area (Å²) in [7, 11) is 0. The SMILES string of the molecule is Cc1ccc(-c2c(Cc3ccc(OCCN4CCCC4)cc3)c3ccc(O)c(C)c3oc2=O)cc1. The molecule has 180 valence electrons. The fourth-order valence-electron chi connectivity index (χ4n) is 4.85. The van der Waals surface area contributed by atoms with Crippen LogP contribution in [0, 0.1) is 13.8 Å². The average molecular weight is 470 g/mol. The van der Waals surface area contributed by atoms with Gasteiger partial charge in [0.15, 0.2) is 0 Å². The highest BCUT2D eigenvalue weighted by atomic mass is 16.5. The second kappa shape index (κ2) is 9.96. The number of ether oxygens (including phenoxy) is 1. The van der Waals surface area contributed by atoms with Crippen LogP contribution in [0.5, 0.6) is 11.5 Å². The molecule has 0 aliphatic carbocycles. The van der Waals surface area contributed by atoms with Crippen LogP contribution in [0.4, 0.5) is 0 Å². The lowest BCUT2D eigenvalue weighted by atomic mass is 9.92. The Morgan fingerprint density at radius 3 is 2.37 bits per heavy atom. The van der Waals surface area contributed by atoms with E-state index in [0.29, 0.717) is 29.7 Å². The first-order valence-electron chi connectivity index (χ1n) is 12.3. The van der Waals surface area contributed by atoms with Gasteiger partial charge < -0.3 is 14.3 Å².